The van der Waals surface area contributed by atoms with E-state index < -0.39 is 0 Å². The van der Waals surface area contributed by atoms with E-state index in [2.05, 4.69) is 0 Å². The summed E-state index contributed by atoms with van der Waals surface area (Å²) < 4.78 is 4.97. The molecule has 11 heavy (non-hydrogen) atoms. The smallest absolute Gasteiger partial charge is 0.248 e. The monoisotopic (exact) mass is 158 g/mol. The molecule has 0 aromatic rings. The van der Waals surface area contributed by atoms with E-state index in [0.717, 1.165) is 0 Å². The number of nitrogens with two attached hydrogens (primary N) is 1. The maximum absolute atomic E-state index is 11.1. The molecule has 2 N–H and O–H groups in total. The van der Waals surface area contributed by atoms with Gasteiger partial charge in [0.2, 0.25) is 5.91 Å². The zero-order valence-corrected chi connectivity index (χ0v) is 6.75. The van der Waals surface area contributed by atoms with Gasteiger partial charge in [0.15, 0.2) is 0 Å². The number of nitrogens with zero attached hydrogens (tertiary/aromatic N) is 1. The lowest BCUT2D eigenvalue weighted by Crippen LogP contribution is -2.49. The van der Waals surface area contributed by atoms with Crippen molar-refractivity contribution in [3.63, 3.8) is 0 Å². The Balaban J connectivity index is 2.47. The fourth-order valence-electron chi connectivity index (χ4n) is 1.12. The highest BCUT2D eigenvalue weighted by atomic mass is 16.5. The molecule has 4 heteroatoms. The molecule has 0 spiro atoms. The molecule has 1 rings (SSSR count). The lowest BCUT2D eigenvalue weighted by Gasteiger charge is -2.31. The second-order valence-corrected chi connectivity index (χ2v) is 2.72. The molecule has 1 unspecified atom stereocenters. The Kier molecular flexibility index (Phi) is 2.84. The van der Waals surface area contributed by atoms with Crippen LogP contribution in [-0.4, -0.2) is 43.2 Å². The van der Waals surface area contributed by atoms with Crippen molar-refractivity contribution in [1.82, 2.24) is 4.90 Å². The predicted molar refractivity (Wildman–Crippen MR) is 41.0 cm³/mol. The highest BCUT2D eigenvalue weighted by Crippen LogP contribution is 2.03. The van der Waals surface area contributed by atoms with Crippen LogP contribution >= 0.6 is 0 Å². The first-order valence-corrected chi connectivity index (χ1v) is 3.83. The van der Waals surface area contributed by atoms with Crippen molar-refractivity contribution in [3.05, 3.63) is 0 Å². The third kappa shape index (κ3) is 1.91. The summed E-state index contributed by atoms with van der Waals surface area (Å²) >= 11 is 0. The summed E-state index contributed by atoms with van der Waals surface area (Å²) in [4.78, 5) is 12.9. The number of rotatable bonds is 2. The van der Waals surface area contributed by atoms with Crippen molar-refractivity contribution in [2.24, 2.45) is 5.73 Å². The molecule has 4 nitrogen and oxygen atoms in total. The zero-order valence-electron chi connectivity index (χ0n) is 6.75. The maximum atomic E-state index is 11.1. The van der Waals surface area contributed by atoms with Gasteiger partial charge in [0.05, 0.1) is 6.61 Å². The third-order valence-corrected chi connectivity index (χ3v) is 1.90. The summed E-state index contributed by atoms with van der Waals surface area (Å²) in [5, 5.41) is 0. The van der Waals surface area contributed by atoms with E-state index in [-0.39, 0.29) is 18.6 Å². The summed E-state index contributed by atoms with van der Waals surface area (Å²) in [5.41, 5.74) is 5.43. The van der Waals surface area contributed by atoms with Gasteiger partial charge in [0, 0.05) is 19.1 Å². The minimum absolute atomic E-state index is 0.0502. The first-order chi connectivity index (χ1) is 5.25. The predicted octanol–water partition coefficient (Wildman–Crippen LogP) is -0.808. The minimum atomic E-state index is 0.0502. The average molecular weight is 158 g/mol. The van der Waals surface area contributed by atoms with Crippen molar-refractivity contribution in [3.8, 4) is 0 Å². The largest absolute Gasteiger partial charge is 0.370 e. The van der Waals surface area contributed by atoms with E-state index in [1.165, 1.54) is 0 Å². The summed E-state index contributed by atoms with van der Waals surface area (Å²) in [5.74, 6) is 0.0502. The van der Waals surface area contributed by atoms with Crippen LogP contribution in [-0.2, 0) is 9.53 Å². The molecule has 1 fully saturated rings. The SMILES string of the molecule is CC(CN)N1CCOCC1=O. The molecule has 0 aromatic heterocycles. The van der Waals surface area contributed by atoms with Crippen LogP contribution in [0.25, 0.3) is 0 Å². The highest BCUT2D eigenvalue weighted by molar-refractivity contribution is 5.78. The Labute approximate surface area is 66.3 Å². The summed E-state index contributed by atoms with van der Waals surface area (Å²) in [6, 6.07) is 0.145. The Bertz CT molecular complexity index is 149. The van der Waals surface area contributed by atoms with Crippen LogP contribution in [0.2, 0.25) is 0 Å². The topological polar surface area (TPSA) is 55.6 Å². The van der Waals surface area contributed by atoms with Crippen LogP contribution in [0.5, 0.6) is 0 Å². The Morgan fingerprint density at radius 2 is 2.55 bits per heavy atom. The molecule has 64 valence electrons. The number of carbonyl (C=O) groups is 1. The van der Waals surface area contributed by atoms with Gasteiger partial charge < -0.3 is 15.4 Å². The summed E-state index contributed by atoms with van der Waals surface area (Å²) in [6.45, 7) is 3.99. The first-order valence-electron chi connectivity index (χ1n) is 3.83. The molecule has 1 aliphatic heterocycles. The standard InChI is InChI=1S/C7H14N2O2/c1-6(4-8)9-2-3-11-5-7(9)10/h6H,2-5,8H2,1H3. The molecule has 0 radical (unpaired) electrons. The minimum Gasteiger partial charge on any atom is -0.370 e. The lowest BCUT2D eigenvalue weighted by molar-refractivity contribution is -0.144. The van der Waals surface area contributed by atoms with Gasteiger partial charge in [0.1, 0.15) is 6.61 Å². The molecule has 0 saturated carbocycles. The van der Waals surface area contributed by atoms with Gasteiger partial charge in [-0.2, -0.15) is 0 Å². The number of ether oxygens (including phenoxy) is 1. The zero-order chi connectivity index (χ0) is 8.27. The van der Waals surface area contributed by atoms with Crippen molar-refractivity contribution >= 4 is 5.91 Å². The van der Waals surface area contributed by atoms with Gasteiger partial charge in [-0.05, 0) is 6.92 Å². The van der Waals surface area contributed by atoms with Crippen LogP contribution in [0.15, 0.2) is 0 Å². The van der Waals surface area contributed by atoms with Gasteiger partial charge in [-0.1, -0.05) is 0 Å². The van der Waals surface area contributed by atoms with Gasteiger partial charge in [-0.3, -0.25) is 4.79 Å². The summed E-state index contributed by atoms with van der Waals surface area (Å²) in [6.07, 6.45) is 0. The number of hydrogen-bond donors (Lipinski definition) is 1. The molecule has 1 amide bonds. The van der Waals surface area contributed by atoms with Gasteiger partial charge >= 0.3 is 0 Å². The Hall–Kier alpha value is -0.610. The van der Waals surface area contributed by atoms with E-state index in [1.807, 2.05) is 6.92 Å². The average Bonchev–Trinajstić information content (AvgIpc) is 2.04. The number of carbonyl (C=O) groups excluding carboxylic acids is 1. The molecule has 1 heterocycles. The van der Waals surface area contributed by atoms with Crippen molar-refractivity contribution in [2.75, 3.05) is 26.3 Å². The van der Waals surface area contributed by atoms with Crippen LogP contribution < -0.4 is 5.73 Å². The third-order valence-electron chi connectivity index (χ3n) is 1.90. The van der Waals surface area contributed by atoms with Gasteiger partial charge in [0.25, 0.3) is 0 Å². The normalized spacial score (nSPS) is 22.0. The van der Waals surface area contributed by atoms with Crippen molar-refractivity contribution in [2.45, 2.75) is 13.0 Å². The van der Waals surface area contributed by atoms with E-state index in [4.69, 9.17) is 10.5 Å². The van der Waals surface area contributed by atoms with E-state index in [9.17, 15) is 4.79 Å². The van der Waals surface area contributed by atoms with E-state index >= 15 is 0 Å². The van der Waals surface area contributed by atoms with Crippen LogP contribution in [0.4, 0.5) is 0 Å². The van der Waals surface area contributed by atoms with Crippen LogP contribution in [0, 0.1) is 0 Å². The first kappa shape index (κ1) is 8.49. The van der Waals surface area contributed by atoms with E-state index in [1.54, 1.807) is 4.90 Å². The lowest BCUT2D eigenvalue weighted by atomic mass is 10.2. The van der Waals surface area contributed by atoms with Crippen molar-refractivity contribution < 1.29 is 9.53 Å². The van der Waals surface area contributed by atoms with Crippen LogP contribution in [0.1, 0.15) is 6.92 Å². The fourth-order valence-corrected chi connectivity index (χ4v) is 1.12. The maximum Gasteiger partial charge on any atom is 0.248 e. The Morgan fingerprint density at radius 3 is 3.09 bits per heavy atom. The molecule has 0 aromatic carbocycles. The van der Waals surface area contributed by atoms with Crippen LogP contribution in [0.3, 0.4) is 0 Å². The second-order valence-electron chi connectivity index (χ2n) is 2.72. The molecule has 1 atom stereocenters. The number of morpholine rings is 1. The molecule has 0 aliphatic carbocycles. The second kappa shape index (κ2) is 3.69. The molecule has 0 bridgehead atoms. The van der Waals surface area contributed by atoms with E-state index in [0.29, 0.717) is 19.7 Å². The fraction of sp³-hybridized carbons (Fsp3) is 0.857. The molecular weight excluding hydrogens is 144 g/mol. The van der Waals surface area contributed by atoms with Crippen molar-refractivity contribution in [1.29, 1.82) is 0 Å². The highest BCUT2D eigenvalue weighted by Gasteiger charge is 2.22. The molecule has 1 saturated heterocycles. The molecular formula is C7H14N2O2. The number of amides is 1. The summed E-state index contributed by atoms with van der Waals surface area (Å²) in [7, 11) is 0. The Morgan fingerprint density at radius 1 is 1.82 bits per heavy atom. The molecule has 1 aliphatic rings. The quantitative estimate of drug-likeness (QED) is 0.572. The van der Waals surface area contributed by atoms with Gasteiger partial charge in [-0.25, -0.2) is 0 Å². The van der Waals surface area contributed by atoms with Gasteiger partial charge in [-0.15, -0.1) is 0 Å². The number of hydrogen-bond acceptors (Lipinski definition) is 3.